The first kappa shape index (κ1) is 34.4. The van der Waals surface area contributed by atoms with Crippen molar-refractivity contribution in [1.29, 1.82) is 0 Å². The fraction of sp³-hybridized carbons (Fsp3) is 0.824. The maximum atomic E-state index is 12.2. The van der Waals surface area contributed by atoms with E-state index in [9.17, 15) is 4.79 Å². The summed E-state index contributed by atoms with van der Waals surface area (Å²) in [5.74, 6) is 1.48. The van der Waals surface area contributed by atoms with Gasteiger partial charge >= 0.3 is 0 Å². The van der Waals surface area contributed by atoms with Gasteiger partial charge in [-0.3, -0.25) is 9.79 Å². The van der Waals surface area contributed by atoms with Crippen molar-refractivity contribution < 1.29 is 4.79 Å². The van der Waals surface area contributed by atoms with Gasteiger partial charge in [-0.25, -0.2) is 0 Å². The number of rotatable bonds is 27. The van der Waals surface area contributed by atoms with Gasteiger partial charge in [0.25, 0.3) is 0 Å². The molecule has 1 amide bonds. The van der Waals surface area contributed by atoms with E-state index >= 15 is 0 Å². The maximum absolute atomic E-state index is 12.2. The third-order valence-corrected chi connectivity index (χ3v) is 7.56. The molecule has 1 N–H and O–H groups in total. The zero-order valence-electron chi connectivity index (χ0n) is 25.5. The third-order valence-electron chi connectivity index (χ3n) is 7.56. The third kappa shape index (κ3) is 21.4. The molecule has 0 bridgehead atoms. The number of hydrogen-bond acceptors (Lipinski definition) is 3. The van der Waals surface area contributed by atoms with Gasteiger partial charge < -0.3 is 10.2 Å². The highest BCUT2D eigenvalue weighted by Gasteiger charge is 2.16. The average molecular weight is 530 g/mol. The van der Waals surface area contributed by atoms with E-state index in [0.29, 0.717) is 6.42 Å². The van der Waals surface area contributed by atoms with Gasteiger partial charge in [-0.15, -0.1) is 0 Å². The number of amidine groups is 1. The summed E-state index contributed by atoms with van der Waals surface area (Å²) >= 11 is 0. The second-order valence-corrected chi connectivity index (χ2v) is 11.2. The van der Waals surface area contributed by atoms with E-state index in [2.05, 4.69) is 48.4 Å². The molecule has 0 aromatic rings. The molecule has 4 heteroatoms. The molecule has 0 saturated heterocycles. The second-order valence-electron chi connectivity index (χ2n) is 11.2. The van der Waals surface area contributed by atoms with Crippen molar-refractivity contribution in [3.63, 3.8) is 0 Å². The van der Waals surface area contributed by atoms with Gasteiger partial charge in [0.1, 0.15) is 0 Å². The van der Waals surface area contributed by atoms with Crippen molar-refractivity contribution in [2.45, 2.75) is 155 Å². The van der Waals surface area contributed by atoms with Gasteiger partial charge in [0, 0.05) is 32.5 Å². The van der Waals surface area contributed by atoms with Crippen molar-refractivity contribution in [3.8, 4) is 0 Å². The van der Waals surface area contributed by atoms with Gasteiger partial charge in [-0.1, -0.05) is 109 Å². The van der Waals surface area contributed by atoms with Gasteiger partial charge in [-0.2, -0.15) is 0 Å². The summed E-state index contributed by atoms with van der Waals surface area (Å²) in [7, 11) is 0. The molecule has 0 radical (unpaired) electrons. The Balaban J connectivity index is 1.92. The summed E-state index contributed by atoms with van der Waals surface area (Å²) in [6.45, 7) is 8.10. The highest BCUT2D eigenvalue weighted by atomic mass is 16.1. The monoisotopic (exact) mass is 529 g/mol. The molecule has 1 rings (SSSR count). The number of carbonyl (C=O) groups is 1. The van der Waals surface area contributed by atoms with Crippen LogP contribution < -0.4 is 5.32 Å². The normalized spacial score (nSPS) is 13.7. The minimum atomic E-state index is 0.216. The van der Waals surface area contributed by atoms with Crippen molar-refractivity contribution in [2.24, 2.45) is 4.99 Å². The Bertz CT molecular complexity index is 625. The topological polar surface area (TPSA) is 44.7 Å². The number of unbranched alkanes of at least 4 members (excludes halogenated alkanes) is 16. The number of allylic oxidation sites excluding steroid dienone is 4. The molecule has 0 aromatic heterocycles. The van der Waals surface area contributed by atoms with Crippen LogP contribution >= 0.6 is 0 Å². The number of nitrogens with zero attached hydrogens (tertiary/aromatic N) is 2. The average Bonchev–Trinajstić information content (AvgIpc) is 3.37. The molecule has 1 heterocycles. The fourth-order valence-electron chi connectivity index (χ4n) is 5.06. The minimum absolute atomic E-state index is 0.216. The molecule has 1 aliphatic rings. The van der Waals surface area contributed by atoms with Crippen LogP contribution in [-0.4, -0.2) is 42.8 Å². The summed E-state index contributed by atoms with van der Waals surface area (Å²) in [5.41, 5.74) is 0. The van der Waals surface area contributed by atoms with Crippen LogP contribution in [0, 0.1) is 0 Å². The molecule has 38 heavy (non-hydrogen) atoms. The van der Waals surface area contributed by atoms with Crippen LogP contribution in [0.4, 0.5) is 0 Å². The lowest BCUT2D eigenvalue weighted by Gasteiger charge is -2.20. The van der Waals surface area contributed by atoms with E-state index in [1.807, 2.05) is 0 Å². The maximum Gasteiger partial charge on any atom is 0.220 e. The fourth-order valence-corrected chi connectivity index (χ4v) is 5.06. The van der Waals surface area contributed by atoms with Crippen molar-refractivity contribution in [3.05, 3.63) is 24.3 Å². The van der Waals surface area contributed by atoms with Gasteiger partial charge in [0.15, 0.2) is 0 Å². The summed E-state index contributed by atoms with van der Waals surface area (Å²) in [6, 6.07) is 0. The summed E-state index contributed by atoms with van der Waals surface area (Å²) in [6.07, 6.45) is 36.8. The van der Waals surface area contributed by atoms with Crippen LogP contribution in [0.2, 0.25) is 0 Å². The van der Waals surface area contributed by atoms with Crippen LogP contribution in [0.25, 0.3) is 0 Å². The first-order valence-electron chi connectivity index (χ1n) is 16.6. The van der Waals surface area contributed by atoms with Crippen molar-refractivity contribution >= 4 is 11.7 Å². The van der Waals surface area contributed by atoms with Crippen LogP contribution in [0.5, 0.6) is 0 Å². The van der Waals surface area contributed by atoms with E-state index in [4.69, 9.17) is 4.99 Å². The lowest BCUT2D eigenvalue weighted by Crippen LogP contribution is -2.36. The smallest absolute Gasteiger partial charge is 0.220 e. The summed E-state index contributed by atoms with van der Waals surface area (Å²) in [4.78, 5) is 19.3. The standard InChI is InChI=1S/C34H63N3O/c1-3-5-7-9-11-13-15-16-18-19-21-23-25-27-33-35-29-31-37(33)32-30-36-34(38)28-26-24-22-20-17-14-12-10-8-6-4-2/h10,12-13,15H,3-9,11,14,16-32H2,1-2H3,(H,36,38)/b12-10+,15-13+. The summed E-state index contributed by atoms with van der Waals surface area (Å²) in [5, 5.41) is 3.13. The molecule has 0 atom stereocenters. The first-order chi connectivity index (χ1) is 18.8. The quantitative estimate of drug-likeness (QED) is 0.0850. The predicted octanol–water partition coefficient (Wildman–Crippen LogP) is 9.55. The van der Waals surface area contributed by atoms with Crippen LogP contribution in [0.1, 0.15) is 155 Å². The first-order valence-corrected chi connectivity index (χ1v) is 16.6. The number of hydrogen-bond donors (Lipinski definition) is 1. The van der Waals surface area contributed by atoms with Gasteiger partial charge in [0.05, 0.1) is 12.4 Å². The molecule has 0 fully saturated rings. The van der Waals surface area contributed by atoms with E-state index in [0.717, 1.165) is 39.0 Å². The second kappa shape index (κ2) is 27.0. The van der Waals surface area contributed by atoms with Gasteiger partial charge in [-0.05, 0) is 57.8 Å². The Kier molecular flexibility index (Phi) is 24.5. The molecule has 0 aliphatic carbocycles. The molecular formula is C34H63N3O. The number of nitrogens with one attached hydrogen (secondary N) is 1. The molecule has 4 nitrogen and oxygen atoms in total. The number of carbonyl (C=O) groups excluding carboxylic acids is 1. The largest absolute Gasteiger partial charge is 0.357 e. The molecule has 0 spiro atoms. The molecule has 0 unspecified atom stereocenters. The van der Waals surface area contributed by atoms with E-state index in [-0.39, 0.29) is 5.91 Å². The SMILES string of the molecule is CCCC/C=C/CCCCCCCC(=O)NCCN1CCN=C1CCCCCCC/C=C/CCCCCC. The predicted molar refractivity (Wildman–Crippen MR) is 168 cm³/mol. The Hall–Kier alpha value is -1.58. The van der Waals surface area contributed by atoms with Crippen LogP contribution in [0.15, 0.2) is 29.3 Å². The molecule has 1 aliphatic heterocycles. The summed E-state index contributed by atoms with van der Waals surface area (Å²) < 4.78 is 0. The Morgan fingerprint density at radius 3 is 1.87 bits per heavy atom. The highest BCUT2D eigenvalue weighted by Crippen LogP contribution is 2.13. The van der Waals surface area contributed by atoms with Crippen molar-refractivity contribution in [1.82, 2.24) is 10.2 Å². The van der Waals surface area contributed by atoms with E-state index < -0.39 is 0 Å². The Morgan fingerprint density at radius 1 is 0.711 bits per heavy atom. The lowest BCUT2D eigenvalue weighted by molar-refractivity contribution is -0.121. The molecule has 0 aromatic carbocycles. The van der Waals surface area contributed by atoms with Crippen LogP contribution in [0.3, 0.4) is 0 Å². The van der Waals surface area contributed by atoms with Crippen LogP contribution in [-0.2, 0) is 4.79 Å². The Labute approximate surface area is 237 Å². The van der Waals surface area contributed by atoms with Gasteiger partial charge in [0.2, 0.25) is 5.91 Å². The zero-order valence-corrected chi connectivity index (χ0v) is 25.5. The number of amides is 1. The van der Waals surface area contributed by atoms with E-state index in [1.165, 1.54) is 128 Å². The minimum Gasteiger partial charge on any atom is -0.357 e. The zero-order chi connectivity index (χ0) is 27.4. The lowest BCUT2D eigenvalue weighted by atomic mass is 10.1. The Morgan fingerprint density at radius 2 is 1.24 bits per heavy atom. The molecular weight excluding hydrogens is 466 g/mol. The molecule has 0 saturated carbocycles. The van der Waals surface area contributed by atoms with Crippen molar-refractivity contribution in [2.75, 3.05) is 26.2 Å². The number of aliphatic imine (C=N–C) groups is 1. The van der Waals surface area contributed by atoms with E-state index in [1.54, 1.807) is 0 Å². The highest BCUT2D eigenvalue weighted by molar-refractivity contribution is 5.83. The molecule has 220 valence electrons.